The molecule has 3 aliphatic rings. The molecule has 0 N–H and O–H groups in total. The molecule has 0 aromatic heterocycles. The summed E-state index contributed by atoms with van der Waals surface area (Å²) in [5.74, 6) is 1.72. The number of hydrogen-bond donors (Lipinski definition) is 0. The van der Waals surface area contributed by atoms with Gasteiger partial charge in [-0.05, 0) is 79.1 Å². The Morgan fingerprint density at radius 3 is 2.54 bits per heavy atom. The van der Waals surface area contributed by atoms with Crippen LogP contribution in [0.1, 0.15) is 43.7 Å². The van der Waals surface area contributed by atoms with Gasteiger partial charge in [-0.25, -0.2) is 8.51 Å². The third-order valence-corrected chi connectivity index (χ3v) is 9.24. The fourth-order valence-electron chi connectivity index (χ4n) is 5.32. The van der Waals surface area contributed by atoms with E-state index in [-0.39, 0.29) is 12.6 Å². The van der Waals surface area contributed by atoms with Crippen LogP contribution in [-0.2, 0) is 27.6 Å². The summed E-state index contributed by atoms with van der Waals surface area (Å²) in [7, 11) is -1.12. The van der Waals surface area contributed by atoms with Crippen LogP contribution in [0.15, 0.2) is 71.6 Å². The lowest BCUT2D eigenvalue weighted by Crippen LogP contribution is -2.28. The molecule has 1 saturated heterocycles. The highest BCUT2D eigenvalue weighted by molar-refractivity contribution is 7.82. The smallest absolute Gasteiger partial charge is 0.231 e. The number of benzene rings is 3. The minimum absolute atomic E-state index is 0.237. The molecule has 5 nitrogen and oxygen atoms in total. The van der Waals surface area contributed by atoms with Crippen LogP contribution >= 0.6 is 0 Å². The van der Waals surface area contributed by atoms with Crippen LogP contribution < -0.4 is 9.47 Å². The quantitative estimate of drug-likeness (QED) is 0.446. The first kappa shape index (κ1) is 22.5. The fourth-order valence-corrected chi connectivity index (χ4v) is 6.68. The van der Waals surface area contributed by atoms with Crippen molar-refractivity contribution in [2.24, 2.45) is 0 Å². The number of nitrogens with zero attached hydrogens (tertiary/aromatic N) is 1. The predicted octanol–water partition coefficient (Wildman–Crippen LogP) is 5.43. The molecule has 6 heteroatoms. The summed E-state index contributed by atoms with van der Waals surface area (Å²) in [6.07, 6.45) is 4.35. The molecule has 2 unspecified atom stereocenters. The van der Waals surface area contributed by atoms with Crippen molar-refractivity contribution in [3.63, 3.8) is 0 Å². The topological polar surface area (TPSA) is 55.8 Å². The van der Waals surface area contributed by atoms with E-state index in [1.54, 1.807) is 0 Å². The highest BCUT2D eigenvalue weighted by Gasteiger charge is 2.50. The number of carbonyl (C=O) groups is 1. The maximum absolute atomic E-state index is 13.4. The van der Waals surface area contributed by atoms with Gasteiger partial charge in [0.2, 0.25) is 6.79 Å². The largest absolute Gasteiger partial charge is 0.454 e. The van der Waals surface area contributed by atoms with Gasteiger partial charge in [0.1, 0.15) is 16.8 Å². The number of fused-ring (bicyclic) bond motifs is 1. The predicted molar refractivity (Wildman–Crippen MR) is 136 cm³/mol. The standard InChI is InChI=1S/C29H29NO4S/c1-20-4-3-15-30(20)35(32)25-10-7-22(8-11-25)23-6-2-5-21(16-23)17-28(31)29(13-14-29)24-9-12-26-27(18-24)34-19-33-26/h2,5-12,16,18,20H,3-4,13-15,17,19H2,1H3. The van der Waals surface area contributed by atoms with Gasteiger partial charge in [-0.1, -0.05) is 42.5 Å². The van der Waals surface area contributed by atoms with Gasteiger partial charge in [-0.2, -0.15) is 0 Å². The van der Waals surface area contributed by atoms with Crippen LogP contribution in [0.4, 0.5) is 0 Å². The number of rotatable bonds is 7. The van der Waals surface area contributed by atoms with Crippen molar-refractivity contribution in [1.29, 1.82) is 0 Å². The zero-order valence-electron chi connectivity index (χ0n) is 19.9. The molecule has 2 aliphatic heterocycles. The van der Waals surface area contributed by atoms with Crippen molar-refractivity contribution >= 4 is 16.8 Å². The SMILES string of the molecule is CC1CCCN1S(=O)c1ccc(-c2cccc(CC(=O)C3(c4ccc5c(c4)OCO5)CC3)c2)cc1. The number of carbonyl (C=O) groups excluding carboxylic acids is 1. The third-order valence-electron chi connectivity index (χ3n) is 7.59. The van der Waals surface area contributed by atoms with E-state index in [1.807, 2.05) is 54.6 Å². The van der Waals surface area contributed by atoms with Gasteiger partial charge >= 0.3 is 0 Å². The molecule has 3 aromatic rings. The van der Waals surface area contributed by atoms with Crippen molar-refractivity contribution in [3.05, 3.63) is 77.9 Å². The number of Topliss-reactive ketones (excluding diaryl/α,β-unsaturated/α-hetero) is 1. The van der Waals surface area contributed by atoms with Crippen LogP contribution in [-0.4, -0.2) is 33.7 Å². The Labute approximate surface area is 208 Å². The molecule has 1 aliphatic carbocycles. The summed E-state index contributed by atoms with van der Waals surface area (Å²) in [6, 6.07) is 22.4. The summed E-state index contributed by atoms with van der Waals surface area (Å²) in [4.78, 5) is 14.2. The monoisotopic (exact) mass is 487 g/mol. The second-order valence-electron chi connectivity index (χ2n) is 9.86. The van der Waals surface area contributed by atoms with Crippen molar-refractivity contribution in [1.82, 2.24) is 4.31 Å². The van der Waals surface area contributed by atoms with E-state index in [0.717, 1.165) is 70.9 Å². The first-order valence-electron chi connectivity index (χ1n) is 12.3. The molecule has 3 aromatic carbocycles. The van der Waals surface area contributed by atoms with Gasteiger partial charge in [0.15, 0.2) is 11.5 Å². The van der Waals surface area contributed by atoms with Gasteiger partial charge in [0.05, 0.1) is 10.3 Å². The number of ether oxygens (including phenoxy) is 2. The summed E-state index contributed by atoms with van der Waals surface area (Å²) < 4.78 is 26.0. The highest BCUT2D eigenvalue weighted by atomic mass is 32.2. The summed E-state index contributed by atoms with van der Waals surface area (Å²) >= 11 is 0. The molecule has 0 amide bonds. The lowest BCUT2D eigenvalue weighted by molar-refractivity contribution is -0.120. The molecular weight excluding hydrogens is 458 g/mol. The van der Waals surface area contributed by atoms with Crippen LogP contribution in [0.5, 0.6) is 11.5 Å². The molecule has 2 fully saturated rings. The van der Waals surface area contributed by atoms with Gasteiger partial charge in [0, 0.05) is 19.0 Å². The van der Waals surface area contributed by atoms with E-state index in [9.17, 15) is 9.00 Å². The van der Waals surface area contributed by atoms with Crippen LogP contribution in [0.3, 0.4) is 0 Å². The second kappa shape index (κ2) is 8.92. The van der Waals surface area contributed by atoms with Crippen molar-refractivity contribution in [2.45, 2.75) is 55.4 Å². The van der Waals surface area contributed by atoms with E-state index >= 15 is 0 Å². The van der Waals surface area contributed by atoms with Gasteiger partial charge < -0.3 is 9.47 Å². The lowest BCUT2D eigenvalue weighted by atomic mass is 9.87. The molecule has 0 bridgehead atoms. The van der Waals surface area contributed by atoms with Crippen molar-refractivity contribution in [3.8, 4) is 22.6 Å². The highest BCUT2D eigenvalue weighted by Crippen LogP contribution is 2.51. The maximum atomic E-state index is 13.4. The van der Waals surface area contributed by atoms with Crippen molar-refractivity contribution in [2.75, 3.05) is 13.3 Å². The van der Waals surface area contributed by atoms with Crippen LogP contribution in [0, 0.1) is 0 Å². The summed E-state index contributed by atoms with van der Waals surface area (Å²) in [5, 5.41) is 0. The first-order valence-corrected chi connectivity index (χ1v) is 13.5. The lowest BCUT2D eigenvalue weighted by Gasteiger charge is -2.19. The van der Waals surface area contributed by atoms with E-state index in [0.29, 0.717) is 12.5 Å². The molecule has 0 radical (unpaired) electrons. The van der Waals surface area contributed by atoms with E-state index < -0.39 is 16.4 Å². The molecule has 0 spiro atoms. The fraction of sp³-hybridized carbons (Fsp3) is 0.345. The molecule has 2 atom stereocenters. The molecular formula is C29H29NO4S. The Bertz CT molecular complexity index is 1300. The second-order valence-corrected chi connectivity index (χ2v) is 11.3. The normalized spacial score (nSPS) is 21.1. The summed E-state index contributed by atoms with van der Waals surface area (Å²) in [5.41, 5.74) is 3.76. The average molecular weight is 488 g/mol. The molecule has 35 heavy (non-hydrogen) atoms. The zero-order chi connectivity index (χ0) is 24.0. The Kier molecular flexibility index (Phi) is 5.73. The van der Waals surface area contributed by atoms with Crippen LogP contribution in [0.2, 0.25) is 0 Å². The Balaban J connectivity index is 1.18. The maximum Gasteiger partial charge on any atom is 0.231 e. The Hall–Kier alpha value is -2.96. The van der Waals surface area contributed by atoms with E-state index in [2.05, 4.69) is 23.4 Å². The minimum atomic E-state index is -1.12. The van der Waals surface area contributed by atoms with Crippen molar-refractivity contribution < 1.29 is 18.5 Å². The Morgan fingerprint density at radius 2 is 1.80 bits per heavy atom. The molecule has 6 rings (SSSR count). The average Bonchev–Trinajstić information content (AvgIpc) is 3.37. The Morgan fingerprint density at radius 1 is 1.00 bits per heavy atom. The molecule has 2 heterocycles. The zero-order valence-corrected chi connectivity index (χ0v) is 20.7. The number of ketones is 1. The summed E-state index contributed by atoms with van der Waals surface area (Å²) in [6.45, 7) is 3.27. The van der Waals surface area contributed by atoms with Gasteiger partial charge in [-0.3, -0.25) is 4.79 Å². The van der Waals surface area contributed by atoms with Crippen LogP contribution in [0.25, 0.3) is 11.1 Å². The first-order chi connectivity index (χ1) is 17.0. The van der Waals surface area contributed by atoms with Gasteiger partial charge in [0.25, 0.3) is 0 Å². The molecule has 180 valence electrons. The van der Waals surface area contributed by atoms with Gasteiger partial charge in [-0.15, -0.1) is 0 Å². The number of hydrogen-bond acceptors (Lipinski definition) is 4. The van der Waals surface area contributed by atoms with E-state index in [4.69, 9.17) is 9.47 Å². The minimum Gasteiger partial charge on any atom is -0.454 e. The van der Waals surface area contributed by atoms with E-state index in [1.165, 1.54) is 0 Å². The third kappa shape index (κ3) is 4.19. The molecule has 1 saturated carbocycles.